The number of rotatable bonds is 4. The Hall–Kier alpha value is -1.93. The summed E-state index contributed by atoms with van der Waals surface area (Å²) in [6.07, 6.45) is 2.48. The van der Waals surface area contributed by atoms with Crippen molar-refractivity contribution in [1.82, 2.24) is 14.8 Å². The van der Waals surface area contributed by atoms with E-state index in [0.717, 1.165) is 10.9 Å². The second kappa shape index (κ2) is 5.22. The van der Waals surface area contributed by atoms with Crippen LogP contribution in [-0.4, -0.2) is 40.5 Å². The predicted octanol–water partition coefficient (Wildman–Crippen LogP) is 1.16. The Morgan fingerprint density at radius 3 is 2.75 bits per heavy atom. The third-order valence-corrected chi connectivity index (χ3v) is 3.44. The number of carbonyl (C=O) groups is 1. The lowest BCUT2D eigenvalue weighted by Crippen LogP contribution is -2.10. The van der Waals surface area contributed by atoms with Crippen LogP contribution >= 0.6 is 11.6 Å². The minimum atomic E-state index is -3.32. The van der Waals surface area contributed by atoms with Gasteiger partial charge in [0.2, 0.25) is 0 Å². The summed E-state index contributed by atoms with van der Waals surface area (Å²) < 4.78 is 23.5. The van der Waals surface area contributed by atoms with Gasteiger partial charge in [0, 0.05) is 12.5 Å². The zero-order valence-corrected chi connectivity index (χ0v) is 11.9. The van der Waals surface area contributed by atoms with Crippen LogP contribution in [0.25, 0.3) is 5.82 Å². The molecule has 2 aromatic rings. The number of nitrogens with zero attached hydrogens (tertiary/aromatic N) is 3. The Kier molecular flexibility index (Phi) is 3.78. The Morgan fingerprint density at radius 2 is 2.20 bits per heavy atom. The summed E-state index contributed by atoms with van der Waals surface area (Å²) in [5, 5.41) is 13.3. The van der Waals surface area contributed by atoms with Crippen molar-refractivity contribution in [3.05, 3.63) is 40.8 Å². The number of hydrogen-bond acceptors (Lipinski definition) is 5. The van der Waals surface area contributed by atoms with Gasteiger partial charge in [0.1, 0.15) is 0 Å². The molecule has 0 atom stereocenters. The fraction of sp³-hybridized carbons (Fsp3) is 0.182. The number of hydrogen-bond donors (Lipinski definition) is 1. The molecule has 0 bridgehead atoms. The molecule has 2 aromatic heterocycles. The summed E-state index contributed by atoms with van der Waals surface area (Å²) in [6, 6.07) is 4.31. The van der Waals surface area contributed by atoms with Crippen LogP contribution in [0.2, 0.25) is 5.02 Å². The molecule has 0 saturated carbocycles. The maximum atomic E-state index is 11.3. The Bertz CT molecular complexity index is 770. The molecule has 0 saturated heterocycles. The Morgan fingerprint density at radius 1 is 1.50 bits per heavy atom. The maximum Gasteiger partial charge on any atom is 0.354 e. The third-order valence-electron chi connectivity index (χ3n) is 2.33. The third kappa shape index (κ3) is 3.14. The summed E-state index contributed by atoms with van der Waals surface area (Å²) in [5.41, 5.74) is -0.0872. The number of sulfone groups is 1. The van der Waals surface area contributed by atoms with Gasteiger partial charge in [-0.1, -0.05) is 11.6 Å². The lowest BCUT2D eigenvalue weighted by molar-refractivity contribution is 0.0686. The molecule has 0 aliphatic heterocycles. The maximum absolute atomic E-state index is 11.3. The van der Waals surface area contributed by atoms with Gasteiger partial charge in [-0.2, -0.15) is 5.10 Å². The molecule has 7 nitrogen and oxygen atoms in total. The number of halogens is 1. The standard InChI is InChI=1S/C11H10ClN3O4S/c1-20(18,19)6-7-5-9(11(16)17)15(14-7)10-8(12)3-2-4-13-10/h2-5H,6H2,1H3,(H,16,17). The van der Waals surface area contributed by atoms with Crippen LogP contribution in [0.1, 0.15) is 16.2 Å². The van der Waals surface area contributed by atoms with Crippen LogP contribution in [0.15, 0.2) is 24.4 Å². The summed E-state index contributed by atoms with van der Waals surface area (Å²) in [4.78, 5) is 15.2. The molecular weight excluding hydrogens is 306 g/mol. The average Bonchev–Trinajstić information content (AvgIpc) is 2.71. The summed E-state index contributed by atoms with van der Waals surface area (Å²) in [7, 11) is -3.32. The van der Waals surface area contributed by atoms with Gasteiger partial charge in [-0.3, -0.25) is 0 Å². The predicted molar refractivity (Wildman–Crippen MR) is 71.9 cm³/mol. The van der Waals surface area contributed by atoms with E-state index in [1.807, 2.05) is 0 Å². The van der Waals surface area contributed by atoms with Gasteiger partial charge in [0.05, 0.1) is 16.5 Å². The first-order valence-corrected chi connectivity index (χ1v) is 7.82. The molecule has 1 N–H and O–H groups in total. The highest BCUT2D eigenvalue weighted by Gasteiger charge is 2.20. The lowest BCUT2D eigenvalue weighted by atomic mass is 10.3. The van der Waals surface area contributed by atoms with Crippen molar-refractivity contribution in [2.24, 2.45) is 0 Å². The van der Waals surface area contributed by atoms with E-state index in [-0.39, 0.29) is 28.0 Å². The smallest absolute Gasteiger partial charge is 0.354 e. The van der Waals surface area contributed by atoms with Gasteiger partial charge < -0.3 is 5.11 Å². The largest absolute Gasteiger partial charge is 0.477 e. The highest BCUT2D eigenvalue weighted by Crippen LogP contribution is 2.20. The van der Waals surface area contributed by atoms with Crippen LogP contribution in [0, 0.1) is 0 Å². The topological polar surface area (TPSA) is 102 Å². The second-order valence-corrected chi connectivity index (χ2v) is 6.66. The molecule has 2 rings (SSSR count). The number of aromatic carboxylic acids is 1. The van der Waals surface area contributed by atoms with Crippen molar-refractivity contribution in [1.29, 1.82) is 0 Å². The van der Waals surface area contributed by atoms with E-state index in [1.165, 1.54) is 18.3 Å². The summed E-state index contributed by atoms with van der Waals surface area (Å²) in [6.45, 7) is 0. The number of carboxylic acids is 1. The number of aromatic nitrogens is 3. The fourth-order valence-corrected chi connectivity index (χ4v) is 2.50. The van der Waals surface area contributed by atoms with Crippen molar-refractivity contribution in [2.45, 2.75) is 5.75 Å². The molecule has 0 amide bonds. The zero-order chi connectivity index (χ0) is 14.9. The average molecular weight is 316 g/mol. The van der Waals surface area contributed by atoms with Crippen molar-refractivity contribution in [3.8, 4) is 5.82 Å². The number of pyridine rings is 1. The Balaban J connectivity index is 2.58. The molecule has 2 heterocycles. The van der Waals surface area contributed by atoms with E-state index in [0.29, 0.717) is 0 Å². The van der Waals surface area contributed by atoms with Gasteiger partial charge in [0.25, 0.3) is 0 Å². The van der Waals surface area contributed by atoms with Crippen LogP contribution in [-0.2, 0) is 15.6 Å². The van der Waals surface area contributed by atoms with E-state index in [1.54, 1.807) is 6.07 Å². The number of carboxylic acid groups (broad SMARTS) is 1. The van der Waals surface area contributed by atoms with E-state index >= 15 is 0 Å². The van der Waals surface area contributed by atoms with Crippen LogP contribution < -0.4 is 0 Å². The molecule has 0 radical (unpaired) electrons. The van der Waals surface area contributed by atoms with Crippen LogP contribution in [0.5, 0.6) is 0 Å². The molecule has 0 spiro atoms. The normalized spacial score (nSPS) is 11.5. The first kappa shape index (κ1) is 14.5. The van der Waals surface area contributed by atoms with Crippen molar-refractivity contribution in [3.63, 3.8) is 0 Å². The molecule has 9 heteroatoms. The molecule has 0 unspecified atom stereocenters. The van der Waals surface area contributed by atoms with Crippen molar-refractivity contribution >= 4 is 27.4 Å². The summed E-state index contributed by atoms with van der Waals surface area (Å²) in [5.74, 6) is -1.48. The van der Waals surface area contributed by atoms with E-state index in [4.69, 9.17) is 16.7 Å². The summed E-state index contributed by atoms with van der Waals surface area (Å²) >= 11 is 5.94. The molecule has 106 valence electrons. The van der Waals surface area contributed by atoms with Crippen LogP contribution in [0.4, 0.5) is 0 Å². The van der Waals surface area contributed by atoms with Crippen LogP contribution in [0.3, 0.4) is 0 Å². The first-order chi connectivity index (χ1) is 9.28. The van der Waals surface area contributed by atoms with Gasteiger partial charge in [-0.15, -0.1) is 0 Å². The minimum absolute atomic E-state index is 0.117. The van der Waals surface area contributed by atoms with Gasteiger partial charge in [-0.05, 0) is 18.2 Å². The SMILES string of the molecule is CS(=O)(=O)Cc1cc(C(=O)O)n(-c2ncccc2Cl)n1. The van der Waals surface area contributed by atoms with E-state index in [9.17, 15) is 13.2 Å². The molecule has 0 fully saturated rings. The fourth-order valence-electron chi connectivity index (χ4n) is 1.62. The van der Waals surface area contributed by atoms with E-state index < -0.39 is 15.8 Å². The molecule has 0 aliphatic rings. The van der Waals surface area contributed by atoms with Gasteiger partial charge >= 0.3 is 5.97 Å². The quantitative estimate of drug-likeness (QED) is 0.908. The molecule has 20 heavy (non-hydrogen) atoms. The minimum Gasteiger partial charge on any atom is -0.477 e. The van der Waals surface area contributed by atoms with Crippen molar-refractivity contribution in [2.75, 3.05) is 6.26 Å². The molecule has 0 aromatic carbocycles. The highest BCUT2D eigenvalue weighted by atomic mass is 35.5. The molecule has 0 aliphatic carbocycles. The molecular formula is C11H10ClN3O4S. The highest BCUT2D eigenvalue weighted by molar-refractivity contribution is 7.89. The lowest BCUT2D eigenvalue weighted by Gasteiger charge is -2.04. The first-order valence-electron chi connectivity index (χ1n) is 5.39. The van der Waals surface area contributed by atoms with Gasteiger partial charge in [-0.25, -0.2) is 22.9 Å². The Labute approximate surface area is 119 Å². The second-order valence-electron chi connectivity index (χ2n) is 4.12. The van der Waals surface area contributed by atoms with E-state index in [2.05, 4.69) is 10.1 Å². The zero-order valence-electron chi connectivity index (χ0n) is 10.3. The van der Waals surface area contributed by atoms with Gasteiger partial charge in [0.15, 0.2) is 21.3 Å². The monoisotopic (exact) mass is 315 g/mol. The van der Waals surface area contributed by atoms with Crippen molar-refractivity contribution < 1.29 is 18.3 Å².